The predicted octanol–water partition coefficient (Wildman–Crippen LogP) is 1.58. The van der Waals surface area contributed by atoms with Crippen LogP contribution in [0.5, 0.6) is 0 Å². The first kappa shape index (κ1) is 13.1. The van der Waals surface area contributed by atoms with E-state index in [4.69, 9.17) is 15.9 Å². The minimum Gasteiger partial charge on any atom is -0.384 e. The lowest BCUT2D eigenvalue weighted by atomic mass is 10.1. The van der Waals surface area contributed by atoms with Gasteiger partial charge in [0, 0.05) is 25.2 Å². The van der Waals surface area contributed by atoms with Crippen LogP contribution in [0.15, 0.2) is 24.3 Å². The van der Waals surface area contributed by atoms with E-state index < -0.39 is 0 Å². The highest BCUT2D eigenvalue weighted by molar-refractivity contribution is 5.94. The number of amidine groups is 1. The molecule has 18 heavy (non-hydrogen) atoms. The standard InChI is InChI=1S/C14H21N3O/c1-10-7-17(8-11(2)18-10)9-12-3-5-13(6-4-12)14(15)16/h3-6,10-11H,7-9H2,1-2H3,(H3,15,16)/t10-,11+. The Hall–Kier alpha value is -1.39. The number of hydrogen-bond donors (Lipinski definition) is 2. The van der Waals surface area contributed by atoms with Gasteiger partial charge in [0.1, 0.15) is 5.84 Å². The second-order valence-corrected chi connectivity index (χ2v) is 5.06. The Morgan fingerprint density at radius 3 is 2.33 bits per heavy atom. The Labute approximate surface area is 108 Å². The van der Waals surface area contributed by atoms with E-state index in [1.165, 1.54) is 5.56 Å². The lowest BCUT2D eigenvalue weighted by molar-refractivity contribution is -0.0704. The molecule has 3 N–H and O–H groups in total. The molecule has 4 heteroatoms. The SMILES string of the molecule is C[C@@H]1CN(Cc2ccc(C(=N)N)cc2)C[C@H](C)O1. The normalized spacial score (nSPS) is 25.0. The molecule has 0 amide bonds. The number of nitrogens with zero attached hydrogens (tertiary/aromatic N) is 1. The summed E-state index contributed by atoms with van der Waals surface area (Å²) < 4.78 is 5.72. The summed E-state index contributed by atoms with van der Waals surface area (Å²) in [5.41, 5.74) is 7.47. The summed E-state index contributed by atoms with van der Waals surface area (Å²) in [6.07, 6.45) is 0.593. The zero-order chi connectivity index (χ0) is 13.1. The molecule has 4 nitrogen and oxygen atoms in total. The van der Waals surface area contributed by atoms with Gasteiger partial charge in [-0.2, -0.15) is 0 Å². The van der Waals surface area contributed by atoms with E-state index in [1.807, 2.05) is 24.3 Å². The summed E-state index contributed by atoms with van der Waals surface area (Å²) >= 11 is 0. The number of nitrogen functional groups attached to an aromatic ring is 1. The van der Waals surface area contributed by atoms with Crippen molar-refractivity contribution in [3.8, 4) is 0 Å². The van der Waals surface area contributed by atoms with Crippen LogP contribution in [-0.2, 0) is 11.3 Å². The zero-order valence-electron chi connectivity index (χ0n) is 11.0. The third-order valence-electron chi connectivity index (χ3n) is 3.17. The van der Waals surface area contributed by atoms with Crippen molar-refractivity contribution in [3.63, 3.8) is 0 Å². The number of nitrogens with one attached hydrogen (secondary N) is 1. The zero-order valence-corrected chi connectivity index (χ0v) is 11.0. The molecule has 1 heterocycles. The molecule has 1 saturated heterocycles. The predicted molar refractivity (Wildman–Crippen MR) is 72.7 cm³/mol. The summed E-state index contributed by atoms with van der Waals surface area (Å²) in [5.74, 6) is 0.121. The molecule has 1 aliphatic heterocycles. The van der Waals surface area contributed by atoms with Gasteiger partial charge in [0.05, 0.1) is 12.2 Å². The molecule has 1 aromatic rings. The van der Waals surface area contributed by atoms with E-state index in [9.17, 15) is 0 Å². The number of benzene rings is 1. The quantitative estimate of drug-likeness (QED) is 0.629. The van der Waals surface area contributed by atoms with E-state index >= 15 is 0 Å². The molecule has 2 rings (SSSR count). The van der Waals surface area contributed by atoms with E-state index in [0.29, 0.717) is 12.2 Å². The Morgan fingerprint density at radius 1 is 1.28 bits per heavy atom. The Kier molecular flexibility index (Phi) is 3.99. The van der Waals surface area contributed by atoms with Crippen LogP contribution >= 0.6 is 0 Å². The van der Waals surface area contributed by atoms with E-state index in [-0.39, 0.29) is 5.84 Å². The number of hydrogen-bond acceptors (Lipinski definition) is 3. The highest BCUT2D eigenvalue weighted by Gasteiger charge is 2.21. The Bertz CT molecular complexity index is 406. The van der Waals surface area contributed by atoms with Crippen LogP contribution in [0.4, 0.5) is 0 Å². The Morgan fingerprint density at radius 2 is 1.83 bits per heavy atom. The van der Waals surface area contributed by atoms with E-state index in [0.717, 1.165) is 25.2 Å². The molecule has 1 aromatic carbocycles. The van der Waals surface area contributed by atoms with Crippen molar-refractivity contribution in [1.82, 2.24) is 4.90 Å². The van der Waals surface area contributed by atoms with Gasteiger partial charge in [-0.15, -0.1) is 0 Å². The van der Waals surface area contributed by atoms with Crippen molar-refractivity contribution in [2.24, 2.45) is 5.73 Å². The average molecular weight is 247 g/mol. The first-order valence-electron chi connectivity index (χ1n) is 6.35. The van der Waals surface area contributed by atoms with Gasteiger partial charge in [-0.25, -0.2) is 0 Å². The van der Waals surface area contributed by atoms with Crippen LogP contribution in [-0.4, -0.2) is 36.0 Å². The second-order valence-electron chi connectivity index (χ2n) is 5.06. The minimum atomic E-state index is 0.121. The third kappa shape index (κ3) is 3.31. The summed E-state index contributed by atoms with van der Waals surface area (Å²) in [6, 6.07) is 7.90. The monoisotopic (exact) mass is 247 g/mol. The molecule has 0 radical (unpaired) electrons. The van der Waals surface area contributed by atoms with Crippen molar-refractivity contribution in [2.75, 3.05) is 13.1 Å². The molecule has 1 fully saturated rings. The van der Waals surface area contributed by atoms with Crippen LogP contribution in [0.3, 0.4) is 0 Å². The fraction of sp³-hybridized carbons (Fsp3) is 0.500. The molecule has 0 aromatic heterocycles. The highest BCUT2D eigenvalue weighted by atomic mass is 16.5. The summed E-state index contributed by atoms with van der Waals surface area (Å²) in [6.45, 7) is 7.09. The Balaban J connectivity index is 1.98. The molecule has 0 saturated carbocycles. The maximum atomic E-state index is 7.36. The van der Waals surface area contributed by atoms with Crippen molar-refractivity contribution in [2.45, 2.75) is 32.6 Å². The van der Waals surface area contributed by atoms with Crippen LogP contribution in [0.25, 0.3) is 0 Å². The molecule has 0 unspecified atom stereocenters. The fourth-order valence-electron chi connectivity index (χ4n) is 2.46. The number of morpholine rings is 1. The van der Waals surface area contributed by atoms with Gasteiger partial charge in [0.25, 0.3) is 0 Å². The van der Waals surface area contributed by atoms with E-state index in [2.05, 4.69) is 18.7 Å². The molecule has 0 aliphatic carbocycles. The molecule has 1 aliphatic rings. The van der Waals surface area contributed by atoms with Gasteiger partial charge in [-0.05, 0) is 19.4 Å². The lowest BCUT2D eigenvalue weighted by Crippen LogP contribution is -2.44. The van der Waals surface area contributed by atoms with Crippen LogP contribution in [0.2, 0.25) is 0 Å². The minimum absolute atomic E-state index is 0.121. The van der Waals surface area contributed by atoms with Crippen LogP contribution in [0.1, 0.15) is 25.0 Å². The molecule has 0 bridgehead atoms. The van der Waals surface area contributed by atoms with Gasteiger partial charge in [-0.3, -0.25) is 10.3 Å². The smallest absolute Gasteiger partial charge is 0.122 e. The van der Waals surface area contributed by atoms with Crippen molar-refractivity contribution >= 4 is 5.84 Å². The first-order valence-corrected chi connectivity index (χ1v) is 6.35. The number of ether oxygens (including phenoxy) is 1. The topological polar surface area (TPSA) is 62.3 Å². The number of rotatable bonds is 3. The van der Waals surface area contributed by atoms with Crippen molar-refractivity contribution < 1.29 is 4.74 Å². The highest BCUT2D eigenvalue weighted by Crippen LogP contribution is 2.14. The molecule has 0 spiro atoms. The van der Waals surface area contributed by atoms with Crippen molar-refractivity contribution in [1.29, 1.82) is 5.41 Å². The largest absolute Gasteiger partial charge is 0.384 e. The van der Waals surface area contributed by atoms with Crippen LogP contribution in [0, 0.1) is 5.41 Å². The maximum Gasteiger partial charge on any atom is 0.122 e. The van der Waals surface area contributed by atoms with Crippen LogP contribution < -0.4 is 5.73 Å². The van der Waals surface area contributed by atoms with Gasteiger partial charge in [-0.1, -0.05) is 24.3 Å². The first-order chi connectivity index (χ1) is 8.54. The summed E-state index contributed by atoms with van der Waals surface area (Å²) in [4.78, 5) is 2.40. The fourth-order valence-corrected chi connectivity index (χ4v) is 2.46. The summed E-state index contributed by atoms with van der Waals surface area (Å²) in [5, 5.41) is 7.36. The van der Waals surface area contributed by atoms with Gasteiger partial charge >= 0.3 is 0 Å². The van der Waals surface area contributed by atoms with Gasteiger partial charge < -0.3 is 10.5 Å². The molecular formula is C14H21N3O. The second kappa shape index (κ2) is 5.50. The van der Waals surface area contributed by atoms with Gasteiger partial charge in [0.2, 0.25) is 0 Å². The number of nitrogens with two attached hydrogens (primary N) is 1. The lowest BCUT2D eigenvalue weighted by Gasteiger charge is -2.35. The maximum absolute atomic E-state index is 7.36. The average Bonchev–Trinajstić information content (AvgIpc) is 2.28. The molecule has 2 atom stereocenters. The summed E-state index contributed by atoms with van der Waals surface area (Å²) in [7, 11) is 0. The third-order valence-corrected chi connectivity index (χ3v) is 3.17. The molecule has 98 valence electrons. The molecular weight excluding hydrogens is 226 g/mol. The van der Waals surface area contributed by atoms with Gasteiger partial charge in [0.15, 0.2) is 0 Å². The van der Waals surface area contributed by atoms with E-state index in [1.54, 1.807) is 0 Å². The van der Waals surface area contributed by atoms with Crippen molar-refractivity contribution in [3.05, 3.63) is 35.4 Å².